The fourth-order valence-corrected chi connectivity index (χ4v) is 6.25. The predicted molar refractivity (Wildman–Crippen MR) is 95.7 cm³/mol. The van der Waals surface area contributed by atoms with Crippen molar-refractivity contribution < 1.29 is 26.3 Å². The van der Waals surface area contributed by atoms with Crippen LogP contribution in [0.4, 0.5) is 0 Å². The van der Waals surface area contributed by atoms with Crippen LogP contribution in [0.15, 0.2) is 58.3 Å². The summed E-state index contributed by atoms with van der Waals surface area (Å²) in [7, 11) is -4.53. The van der Waals surface area contributed by atoms with Gasteiger partial charge in [-0.15, -0.1) is 0 Å². The molecular weight excluding hydrogens is 378 g/mol. The number of ether oxygens (including phenoxy) is 2. The molecule has 9 heteroatoms. The Morgan fingerprint density at radius 3 is 2.08 bits per heavy atom. The number of sulfonamides is 1. The first-order valence-corrected chi connectivity index (χ1v) is 10.8. The van der Waals surface area contributed by atoms with Crippen LogP contribution in [0.3, 0.4) is 0 Å². The van der Waals surface area contributed by atoms with E-state index in [9.17, 15) is 16.8 Å². The topological polar surface area (TPSA) is 90.0 Å². The second-order valence-corrected chi connectivity index (χ2v) is 9.95. The van der Waals surface area contributed by atoms with Crippen LogP contribution in [0.25, 0.3) is 0 Å². The molecule has 0 N–H and O–H groups in total. The van der Waals surface area contributed by atoms with Crippen molar-refractivity contribution in [1.82, 2.24) is 4.31 Å². The highest BCUT2D eigenvalue weighted by Gasteiger charge is 2.44. The van der Waals surface area contributed by atoms with Gasteiger partial charge in [0.25, 0.3) is 0 Å². The largest absolute Gasteiger partial charge is 0.497 e. The third-order valence-corrected chi connectivity index (χ3v) is 8.30. The zero-order valence-corrected chi connectivity index (χ0v) is 16.0. The summed E-state index contributed by atoms with van der Waals surface area (Å²) in [6, 6.07) is 12.3. The van der Waals surface area contributed by atoms with E-state index in [2.05, 4.69) is 0 Å². The van der Waals surface area contributed by atoms with E-state index in [1.54, 1.807) is 30.3 Å². The fourth-order valence-electron chi connectivity index (χ4n) is 2.72. The van der Waals surface area contributed by atoms with Gasteiger partial charge >= 0.3 is 0 Å². The summed E-state index contributed by atoms with van der Waals surface area (Å²) in [5.41, 5.74) is 0. The van der Waals surface area contributed by atoms with Crippen molar-refractivity contribution in [3.63, 3.8) is 0 Å². The van der Waals surface area contributed by atoms with Gasteiger partial charge in [-0.1, -0.05) is 12.1 Å². The van der Waals surface area contributed by atoms with Gasteiger partial charge < -0.3 is 9.47 Å². The van der Waals surface area contributed by atoms with Crippen molar-refractivity contribution in [3.05, 3.63) is 48.5 Å². The van der Waals surface area contributed by atoms with Crippen molar-refractivity contribution in [2.24, 2.45) is 0 Å². The van der Waals surface area contributed by atoms with E-state index in [4.69, 9.17) is 9.47 Å². The molecule has 2 aromatic rings. The first-order valence-electron chi connectivity index (χ1n) is 7.82. The second-order valence-electron chi connectivity index (χ2n) is 5.82. The molecule has 26 heavy (non-hydrogen) atoms. The third kappa shape index (κ3) is 3.17. The maximum absolute atomic E-state index is 12.7. The normalized spacial score (nSPS) is 16.1. The number of benzene rings is 2. The zero-order chi connectivity index (χ0) is 18.9. The summed E-state index contributed by atoms with van der Waals surface area (Å²) >= 11 is 0. The Labute approximate surface area is 153 Å². The number of methoxy groups -OCH3 is 2. The molecular formula is C17H19NO6S2. The molecule has 140 valence electrons. The highest BCUT2D eigenvalue weighted by Crippen LogP contribution is 2.32. The van der Waals surface area contributed by atoms with Gasteiger partial charge in [0.15, 0.2) is 9.84 Å². The quantitative estimate of drug-likeness (QED) is 0.735. The summed E-state index contributed by atoms with van der Waals surface area (Å²) in [5, 5.41) is -0.777. The number of hydrogen-bond donors (Lipinski definition) is 0. The minimum Gasteiger partial charge on any atom is -0.497 e. The lowest BCUT2D eigenvalue weighted by molar-refractivity contribution is 0.307. The molecule has 0 bridgehead atoms. The molecule has 1 fully saturated rings. The summed E-state index contributed by atoms with van der Waals surface area (Å²) in [6.07, 6.45) is 0. The Kier molecular flexibility index (Phi) is 4.96. The SMILES string of the molecule is COc1ccc(S(=O)(=O)C2CN(S(=O)(=O)c3ccccc3OC)C2)cc1. The molecule has 1 aliphatic rings. The number of hydrogen-bond acceptors (Lipinski definition) is 6. The van der Waals surface area contributed by atoms with Crippen molar-refractivity contribution >= 4 is 19.9 Å². The minimum absolute atomic E-state index is 0.0304. The molecule has 0 aliphatic carbocycles. The van der Waals surface area contributed by atoms with Gasteiger partial charge in [-0.25, -0.2) is 16.8 Å². The first kappa shape index (κ1) is 18.7. The second kappa shape index (κ2) is 6.90. The van der Waals surface area contributed by atoms with E-state index in [0.29, 0.717) is 5.75 Å². The number of para-hydroxylation sites is 1. The van der Waals surface area contributed by atoms with Gasteiger partial charge in [0.05, 0.1) is 24.4 Å². The van der Waals surface area contributed by atoms with E-state index < -0.39 is 25.1 Å². The van der Waals surface area contributed by atoms with Crippen molar-refractivity contribution in [2.45, 2.75) is 15.0 Å². The average molecular weight is 397 g/mol. The molecule has 7 nitrogen and oxygen atoms in total. The standard InChI is InChI=1S/C17H19NO6S2/c1-23-13-7-9-14(10-8-13)25(19,20)15-11-18(12-15)26(21,22)17-6-4-3-5-16(17)24-2/h3-10,15H,11-12H2,1-2H3. The van der Waals surface area contributed by atoms with E-state index in [0.717, 1.165) is 4.31 Å². The molecule has 1 heterocycles. The highest BCUT2D eigenvalue weighted by molar-refractivity contribution is 7.92. The van der Waals surface area contributed by atoms with E-state index in [1.165, 1.54) is 32.4 Å². The van der Waals surface area contributed by atoms with Gasteiger partial charge in [0.1, 0.15) is 16.4 Å². The maximum Gasteiger partial charge on any atom is 0.246 e. The maximum atomic E-state index is 12.7. The molecule has 3 rings (SSSR count). The summed E-state index contributed by atoms with van der Waals surface area (Å²) in [5.74, 6) is 0.784. The van der Waals surface area contributed by atoms with Crippen LogP contribution in [0.5, 0.6) is 11.5 Å². The van der Waals surface area contributed by atoms with Crippen molar-refractivity contribution in [3.8, 4) is 11.5 Å². The van der Waals surface area contributed by atoms with Crippen LogP contribution in [-0.2, 0) is 19.9 Å². The Balaban J connectivity index is 1.79. The summed E-state index contributed by atoms with van der Waals surface area (Å²) in [4.78, 5) is 0.181. The van der Waals surface area contributed by atoms with Crippen LogP contribution in [0.1, 0.15) is 0 Å². The predicted octanol–water partition coefficient (Wildman–Crippen LogP) is 1.55. The van der Waals surface area contributed by atoms with Crippen LogP contribution in [0.2, 0.25) is 0 Å². The lowest BCUT2D eigenvalue weighted by Gasteiger charge is -2.37. The summed E-state index contributed by atoms with van der Waals surface area (Å²) < 4.78 is 62.0. The molecule has 0 saturated carbocycles. The van der Waals surface area contributed by atoms with Gasteiger partial charge in [-0.05, 0) is 36.4 Å². The highest BCUT2D eigenvalue weighted by atomic mass is 32.2. The Morgan fingerprint density at radius 1 is 0.885 bits per heavy atom. The molecule has 0 unspecified atom stereocenters. The van der Waals surface area contributed by atoms with Crippen molar-refractivity contribution in [2.75, 3.05) is 27.3 Å². The molecule has 0 radical (unpaired) electrons. The molecule has 0 spiro atoms. The lowest BCUT2D eigenvalue weighted by atomic mass is 10.3. The van der Waals surface area contributed by atoms with E-state index in [-0.39, 0.29) is 28.6 Å². The Hall–Kier alpha value is -2.10. The van der Waals surface area contributed by atoms with Gasteiger partial charge in [0.2, 0.25) is 10.0 Å². The molecule has 0 amide bonds. The summed E-state index contributed by atoms with van der Waals surface area (Å²) in [6.45, 7) is -0.177. The monoisotopic (exact) mass is 397 g/mol. The van der Waals surface area contributed by atoms with Gasteiger partial charge in [-0.3, -0.25) is 0 Å². The smallest absolute Gasteiger partial charge is 0.246 e. The van der Waals surface area contributed by atoms with E-state index >= 15 is 0 Å². The first-order chi connectivity index (χ1) is 12.3. The van der Waals surface area contributed by atoms with Crippen LogP contribution >= 0.6 is 0 Å². The molecule has 2 aromatic carbocycles. The third-order valence-electron chi connectivity index (χ3n) is 4.33. The molecule has 0 aromatic heterocycles. The number of rotatable bonds is 6. The zero-order valence-electron chi connectivity index (χ0n) is 14.3. The van der Waals surface area contributed by atoms with Gasteiger partial charge in [-0.2, -0.15) is 4.31 Å². The Morgan fingerprint density at radius 2 is 1.50 bits per heavy atom. The molecule has 1 saturated heterocycles. The van der Waals surface area contributed by atoms with Crippen LogP contribution < -0.4 is 9.47 Å². The van der Waals surface area contributed by atoms with Crippen LogP contribution in [0, 0.1) is 0 Å². The minimum atomic E-state index is -3.81. The van der Waals surface area contributed by atoms with Crippen LogP contribution in [-0.4, -0.2) is 53.7 Å². The lowest BCUT2D eigenvalue weighted by Crippen LogP contribution is -2.56. The number of nitrogens with zero attached hydrogens (tertiary/aromatic N) is 1. The van der Waals surface area contributed by atoms with Gasteiger partial charge in [0, 0.05) is 13.1 Å². The molecule has 1 aliphatic heterocycles. The van der Waals surface area contributed by atoms with E-state index in [1.807, 2.05) is 0 Å². The van der Waals surface area contributed by atoms with Crippen molar-refractivity contribution in [1.29, 1.82) is 0 Å². The fraction of sp³-hybridized carbons (Fsp3) is 0.294. The Bertz CT molecular complexity index is 994. The molecule has 0 atom stereocenters. The number of sulfone groups is 1. The average Bonchev–Trinajstić information content (AvgIpc) is 2.60.